The minimum absolute atomic E-state index is 0.472. The predicted molar refractivity (Wildman–Crippen MR) is 84.2 cm³/mol. The molecule has 18 heavy (non-hydrogen) atoms. The summed E-state index contributed by atoms with van der Waals surface area (Å²) < 4.78 is 1.23. The van der Waals surface area contributed by atoms with E-state index >= 15 is 0 Å². The zero-order valence-electron chi connectivity index (χ0n) is 11.4. The molecule has 0 aliphatic heterocycles. The van der Waals surface area contributed by atoms with Gasteiger partial charge in [0.25, 0.3) is 0 Å². The molecule has 0 radical (unpaired) electrons. The first kappa shape index (κ1) is 14.5. The van der Waals surface area contributed by atoms with Gasteiger partial charge in [0.15, 0.2) is 0 Å². The number of thiophene rings is 1. The summed E-state index contributed by atoms with van der Waals surface area (Å²) in [5.41, 5.74) is 0. The van der Waals surface area contributed by atoms with E-state index in [2.05, 4.69) is 47.2 Å². The highest BCUT2D eigenvalue weighted by Gasteiger charge is 2.21. The van der Waals surface area contributed by atoms with Gasteiger partial charge in [0.1, 0.15) is 0 Å². The van der Waals surface area contributed by atoms with Crippen molar-refractivity contribution >= 4 is 27.3 Å². The second-order valence-electron chi connectivity index (χ2n) is 5.57. The molecule has 1 heterocycles. The Labute approximate surface area is 123 Å². The van der Waals surface area contributed by atoms with Crippen molar-refractivity contribution in [3.05, 3.63) is 20.8 Å². The molecule has 102 valence electrons. The maximum atomic E-state index is 3.80. The lowest BCUT2D eigenvalue weighted by atomic mass is 9.92. The molecule has 1 nitrogen and oxygen atoms in total. The molecule has 1 N–H and O–H groups in total. The Morgan fingerprint density at radius 1 is 1.17 bits per heavy atom. The van der Waals surface area contributed by atoms with Crippen LogP contribution in [0.1, 0.15) is 63.3 Å². The number of hydrogen-bond acceptors (Lipinski definition) is 2. The second kappa shape index (κ2) is 7.06. The van der Waals surface area contributed by atoms with E-state index in [4.69, 9.17) is 0 Å². The average Bonchev–Trinajstić information content (AvgIpc) is 2.63. The quantitative estimate of drug-likeness (QED) is 0.717. The standard InChI is InChI=1S/C15H24BrNS/c1-11(13-7-5-3-4-6-8-13)17-12(2)14-9-10-15(16)18-14/h9-13,17H,3-8H2,1-2H3/t11-,12?/m0/s1. The van der Waals surface area contributed by atoms with Gasteiger partial charge in [-0.05, 0) is 60.7 Å². The van der Waals surface area contributed by atoms with Crippen LogP contribution in [0.25, 0.3) is 0 Å². The van der Waals surface area contributed by atoms with Crippen LogP contribution >= 0.6 is 27.3 Å². The molecule has 1 aliphatic carbocycles. The number of halogens is 1. The molecule has 1 unspecified atom stereocenters. The van der Waals surface area contributed by atoms with Crippen molar-refractivity contribution in [3.8, 4) is 0 Å². The molecule has 1 aromatic rings. The van der Waals surface area contributed by atoms with Gasteiger partial charge in [-0.2, -0.15) is 0 Å². The molecule has 0 saturated heterocycles. The largest absolute Gasteiger partial charge is 0.307 e. The normalized spacial score (nSPS) is 21.5. The lowest BCUT2D eigenvalue weighted by Crippen LogP contribution is -2.35. The van der Waals surface area contributed by atoms with E-state index in [1.165, 1.54) is 47.2 Å². The van der Waals surface area contributed by atoms with Gasteiger partial charge in [0, 0.05) is 17.0 Å². The van der Waals surface area contributed by atoms with Gasteiger partial charge in [-0.15, -0.1) is 11.3 Å². The third-order valence-electron chi connectivity index (χ3n) is 4.14. The van der Waals surface area contributed by atoms with Crippen molar-refractivity contribution < 1.29 is 0 Å². The molecule has 1 aromatic heterocycles. The van der Waals surface area contributed by atoms with Gasteiger partial charge in [-0.1, -0.05) is 25.7 Å². The zero-order chi connectivity index (χ0) is 13.0. The fourth-order valence-corrected chi connectivity index (χ4v) is 4.42. The van der Waals surface area contributed by atoms with Gasteiger partial charge in [0.05, 0.1) is 3.79 Å². The van der Waals surface area contributed by atoms with Crippen LogP contribution in [0.5, 0.6) is 0 Å². The van der Waals surface area contributed by atoms with Crippen LogP contribution in [0, 0.1) is 5.92 Å². The van der Waals surface area contributed by atoms with Crippen molar-refractivity contribution in [1.29, 1.82) is 0 Å². The zero-order valence-corrected chi connectivity index (χ0v) is 13.8. The maximum Gasteiger partial charge on any atom is 0.0701 e. The van der Waals surface area contributed by atoms with E-state index in [1.54, 1.807) is 0 Å². The lowest BCUT2D eigenvalue weighted by Gasteiger charge is -2.26. The summed E-state index contributed by atoms with van der Waals surface area (Å²) in [6.07, 6.45) is 8.56. The first-order valence-corrected chi connectivity index (χ1v) is 8.79. The summed E-state index contributed by atoms with van der Waals surface area (Å²) in [6.45, 7) is 4.65. The van der Waals surface area contributed by atoms with Gasteiger partial charge < -0.3 is 5.32 Å². The van der Waals surface area contributed by atoms with Crippen LogP contribution in [0.3, 0.4) is 0 Å². The van der Waals surface area contributed by atoms with Crippen molar-refractivity contribution in [1.82, 2.24) is 5.32 Å². The summed E-state index contributed by atoms with van der Waals surface area (Å²) >= 11 is 5.39. The fourth-order valence-electron chi connectivity index (χ4n) is 2.98. The molecule has 1 aliphatic rings. The highest BCUT2D eigenvalue weighted by molar-refractivity contribution is 9.11. The molecule has 1 saturated carbocycles. The predicted octanol–water partition coefficient (Wildman–Crippen LogP) is 5.52. The summed E-state index contributed by atoms with van der Waals surface area (Å²) in [5.74, 6) is 0.873. The lowest BCUT2D eigenvalue weighted by molar-refractivity contribution is 0.318. The first-order chi connectivity index (χ1) is 8.66. The summed E-state index contributed by atoms with van der Waals surface area (Å²) in [5, 5.41) is 3.80. The summed E-state index contributed by atoms with van der Waals surface area (Å²) in [7, 11) is 0. The fraction of sp³-hybridized carbons (Fsp3) is 0.733. The number of nitrogens with one attached hydrogen (secondary N) is 1. The smallest absolute Gasteiger partial charge is 0.0701 e. The number of hydrogen-bond donors (Lipinski definition) is 1. The number of rotatable bonds is 4. The molecule has 0 aromatic carbocycles. The van der Waals surface area contributed by atoms with E-state index < -0.39 is 0 Å². The third-order valence-corrected chi connectivity index (χ3v) is 5.95. The van der Waals surface area contributed by atoms with E-state index in [0.717, 1.165) is 5.92 Å². The molecule has 2 atom stereocenters. The summed E-state index contributed by atoms with van der Waals surface area (Å²) in [4.78, 5) is 1.43. The van der Waals surface area contributed by atoms with Gasteiger partial charge in [-0.25, -0.2) is 0 Å². The van der Waals surface area contributed by atoms with Crippen LogP contribution in [-0.4, -0.2) is 6.04 Å². The van der Waals surface area contributed by atoms with E-state index in [-0.39, 0.29) is 0 Å². The highest BCUT2D eigenvalue weighted by Crippen LogP contribution is 2.30. The van der Waals surface area contributed by atoms with E-state index in [1.807, 2.05) is 11.3 Å². The van der Waals surface area contributed by atoms with E-state index in [9.17, 15) is 0 Å². The summed E-state index contributed by atoms with van der Waals surface area (Å²) in [6, 6.07) is 5.49. The topological polar surface area (TPSA) is 12.0 Å². The Bertz CT molecular complexity index is 355. The van der Waals surface area contributed by atoms with Crippen LogP contribution in [0.15, 0.2) is 15.9 Å². The van der Waals surface area contributed by atoms with Crippen molar-refractivity contribution in [2.75, 3.05) is 0 Å². The minimum atomic E-state index is 0.472. The van der Waals surface area contributed by atoms with Crippen molar-refractivity contribution in [2.45, 2.75) is 64.5 Å². The first-order valence-electron chi connectivity index (χ1n) is 7.18. The van der Waals surface area contributed by atoms with Gasteiger partial charge >= 0.3 is 0 Å². The maximum absolute atomic E-state index is 3.80. The molecular formula is C15H24BrNS. The van der Waals surface area contributed by atoms with Crippen LogP contribution in [0.2, 0.25) is 0 Å². The molecule has 3 heteroatoms. The molecule has 0 amide bonds. The van der Waals surface area contributed by atoms with Gasteiger partial charge in [0.2, 0.25) is 0 Å². The van der Waals surface area contributed by atoms with Crippen LogP contribution in [0.4, 0.5) is 0 Å². The monoisotopic (exact) mass is 329 g/mol. The third kappa shape index (κ3) is 4.07. The Balaban J connectivity index is 1.87. The Kier molecular flexibility index (Phi) is 5.71. The molecule has 1 fully saturated rings. The van der Waals surface area contributed by atoms with Crippen molar-refractivity contribution in [3.63, 3.8) is 0 Å². The van der Waals surface area contributed by atoms with Crippen LogP contribution in [-0.2, 0) is 0 Å². The Morgan fingerprint density at radius 2 is 1.83 bits per heavy atom. The second-order valence-corrected chi connectivity index (χ2v) is 8.07. The van der Waals surface area contributed by atoms with E-state index in [0.29, 0.717) is 12.1 Å². The Hall–Kier alpha value is 0.140. The van der Waals surface area contributed by atoms with Crippen LogP contribution < -0.4 is 5.32 Å². The molecule has 2 rings (SSSR count). The Morgan fingerprint density at radius 3 is 2.39 bits per heavy atom. The molecule has 0 bridgehead atoms. The average molecular weight is 330 g/mol. The molecular weight excluding hydrogens is 306 g/mol. The van der Waals surface area contributed by atoms with Gasteiger partial charge in [-0.3, -0.25) is 0 Å². The van der Waals surface area contributed by atoms with Crippen molar-refractivity contribution in [2.24, 2.45) is 5.92 Å². The SMILES string of the molecule is CC(N[C@@H](C)C1CCCCCC1)c1ccc(Br)s1. The highest BCUT2D eigenvalue weighted by atomic mass is 79.9. The minimum Gasteiger partial charge on any atom is -0.307 e. The molecule has 0 spiro atoms.